The van der Waals surface area contributed by atoms with Crippen LogP contribution in [-0.2, 0) is 4.79 Å². The highest BCUT2D eigenvalue weighted by Crippen LogP contribution is 1.56. The molecule has 0 saturated heterocycles. The Hall–Kier alpha value is -0.790. The Morgan fingerprint density at radius 2 is 3.00 bits per heavy atom. The molecule has 2 nitrogen and oxygen atoms in total. The molecule has 0 aliphatic carbocycles. The van der Waals surface area contributed by atoms with Crippen LogP contribution in [0.4, 0.5) is 0 Å². The van der Waals surface area contributed by atoms with Crippen LogP contribution < -0.4 is 5.32 Å². The van der Waals surface area contributed by atoms with Gasteiger partial charge in [0.05, 0.1) is 1.37 Å². The lowest BCUT2D eigenvalue weighted by molar-refractivity contribution is -0.116. The summed E-state index contributed by atoms with van der Waals surface area (Å²) in [6.45, 7) is 0.943. The monoisotopic (exact) mass is 87.1 g/mol. The van der Waals surface area contributed by atoms with Crippen molar-refractivity contribution in [3.05, 3.63) is 12.6 Å². The zero-order valence-corrected chi connectivity index (χ0v) is 3.56. The number of carbonyl (C=O) groups is 1. The van der Waals surface area contributed by atoms with E-state index in [0.717, 1.165) is 12.6 Å². The van der Waals surface area contributed by atoms with Gasteiger partial charge in [-0.3, -0.25) is 4.79 Å². The molecule has 0 fully saturated rings. The van der Waals surface area contributed by atoms with Gasteiger partial charge >= 0.3 is 0 Å². The molecule has 2 heteroatoms. The third kappa shape index (κ3) is 1.52. The largest absolute Gasteiger partial charge is 0.356 e. The lowest BCUT2D eigenvalue weighted by Crippen LogP contribution is -2.13. The Morgan fingerprint density at radius 3 is 3.17 bits per heavy atom. The number of hydrogen-bond donors (Lipinski definition) is 1. The molecule has 0 rings (SSSR count). The number of amides is 1. The summed E-state index contributed by atoms with van der Waals surface area (Å²) in [5, 5.41) is 2.32. The second-order valence-corrected chi connectivity index (χ2v) is 0.781. The third-order valence-electron chi connectivity index (χ3n) is 0.398. The van der Waals surface area contributed by atoms with Gasteiger partial charge < -0.3 is 5.32 Å². The molecule has 0 heterocycles. The molecule has 0 atom stereocenters. The van der Waals surface area contributed by atoms with Gasteiger partial charge in [-0.05, 0) is 6.08 Å². The van der Waals surface area contributed by atoms with E-state index in [1.807, 2.05) is 0 Å². The summed E-state index contributed by atoms with van der Waals surface area (Å²) in [6.07, 6.45) is 1.14. The Kier molecular flexibility index (Phi) is 1.39. The molecule has 0 unspecified atom stereocenters. The predicted octanol–water partition coefficient (Wildman–Crippen LogP) is -0.0816. The number of rotatable bonds is 1. The van der Waals surface area contributed by atoms with Crippen molar-refractivity contribution in [3.8, 4) is 0 Å². The van der Waals surface area contributed by atoms with E-state index in [4.69, 9.17) is 1.37 Å². The molecule has 0 spiro atoms. The van der Waals surface area contributed by atoms with Crippen LogP contribution in [0.5, 0.6) is 0 Å². The lowest BCUT2D eigenvalue weighted by atomic mass is 10.6. The van der Waals surface area contributed by atoms with E-state index >= 15 is 0 Å². The van der Waals surface area contributed by atoms with Gasteiger partial charge in [0, 0.05) is 7.05 Å². The van der Waals surface area contributed by atoms with Crippen molar-refractivity contribution < 1.29 is 6.17 Å². The first-order valence-electron chi connectivity index (χ1n) is 2.15. The minimum Gasteiger partial charge on any atom is -0.356 e. The highest BCUT2D eigenvalue weighted by Gasteiger charge is 1.78. The van der Waals surface area contributed by atoms with Gasteiger partial charge in [-0.15, -0.1) is 0 Å². The fourth-order valence-electron chi connectivity index (χ4n) is 0.0833. The van der Waals surface area contributed by atoms with Crippen molar-refractivity contribution in [1.82, 2.24) is 5.32 Å². The second kappa shape index (κ2) is 2.45. The average molecular weight is 87.1 g/mol. The number of nitrogens with one attached hydrogen (secondary N) is 1. The van der Waals surface area contributed by atoms with E-state index in [1.54, 1.807) is 0 Å². The van der Waals surface area contributed by atoms with Gasteiger partial charge in [-0.25, -0.2) is 0 Å². The van der Waals surface area contributed by atoms with Gasteiger partial charge in [-0.2, -0.15) is 0 Å². The molecule has 0 saturated carbocycles. The van der Waals surface area contributed by atoms with Crippen LogP contribution >= 0.6 is 0 Å². The summed E-state index contributed by atoms with van der Waals surface area (Å²) < 4.78 is 6.40. The van der Waals surface area contributed by atoms with Crippen LogP contribution in [-0.4, -0.2) is 13.0 Å². The highest BCUT2D eigenvalue weighted by atomic mass is 16.1. The number of hydrogen-bond acceptors (Lipinski definition) is 1. The fourth-order valence-corrected chi connectivity index (χ4v) is 0.0833. The molecule has 0 bridgehead atoms. The minimum atomic E-state index is -0.241. The molecule has 0 aliphatic heterocycles. The summed E-state index contributed by atoms with van der Waals surface area (Å²) in [7, 11) is 1.52. The Balaban J connectivity index is 3.37. The topological polar surface area (TPSA) is 29.1 Å². The van der Waals surface area contributed by atoms with E-state index in [-0.39, 0.29) is 5.91 Å². The molecule has 0 radical (unpaired) electrons. The van der Waals surface area contributed by atoms with E-state index in [2.05, 4.69) is 5.32 Å². The molecule has 0 aromatic carbocycles. The van der Waals surface area contributed by atoms with E-state index in [0.29, 0.717) is 0 Å². The molecular formula is C4H7NO. The summed E-state index contributed by atoms with van der Waals surface area (Å²) in [4.78, 5) is 10.1. The maximum Gasteiger partial charge on any atom is 0.243 e. The van der Waals surface area contributed by atoms with Crippen molar-refractivity contribution in [2.45, 2.75) is 0 Å². The Bertz CT molecular complexity index is 89.7. The molecule has 1 N–H and O–H groups in total. The summed E-state index contributed by atoms with van der Waals surface area (Å²) in [5.74, 6) is -0.241. The number of likely N-dealkylation sites (N-methyl/N-ethyl adjacent to an activating group) is 1. The quantitative estimate of drug-likeness (QED) is 0.445. The van der Waals surface area contributed by atoms with Gasteiger partial charge in [0.25, 0.3) is 0 Å². The van der Waals surface area contributed by atoms with Crippen LogP contribution in [0, 0.1) is 0 Å². The van der Waals surface area contributed by atoms with Crippen LogP contribution in [0.15, 0.2) is 12.6 Å². The second-order valence-electron chi connectivity index (χ2n) is 0.781. The van der Waals surface area contributed by atoms with Crippen molar-refractivity contribution in [2.24, 2.45) is 0 Å². The van der Waals surface area contributed by atoms with Crippen LogP contribution in [0.25, 0.3) is 0 Å². The average Bonchev–Trinajstić information content (AvgIpc) is 1.68. The zero-order valence-electron chi connectivity index (χ0n) is 4.56. The fraction of sp³-hybridized carbons (Fsp3) is 0.250. The van der Waals surface area contributed by atoms with Gasteiger partial charge in [0.1, 0.15) is 0 Å². The highest BCUT2D eigenvalue weighted by molar-refractivity contribution is 5.86. The van der Waals surface area contributed by atoms with Crippen LogP contribution in [0.3, 0.4) is 0 Å². The van der Waals surface area contributed by atoms with E-state index < -0.39 is 0 Å². The van der Waals surface area contributed by atoms with Gasteiger partial charge in [0.15, 0.2) is 0 Å². The molecule has 1 amide bonds. The van der Waals surface area contributed by atoms with Gasteiger partial charge in [-0.1, -0.05) is 6.55 Å². The molecule has 0 aromatic rings. The number of carbonyl (C=O) groups excluding carboxylic acids is 1. The van der Waals surface area contributed by atoms with E-state index in [9.17, 15) is 4.79 Å². The van der Waals surface area contributed by atoms with Gasteiger partial charge in [0.2, 0.25) is 5.91 Å². The molecule has 34 valence electrons. The van der Waals surface area contributed by atoms with Crippen molar-refractivity contribution >= 4 is 5.91 Å². The maximum atomic E-state index is 10.1. The standard InChI is InChI=1S/C4H7NO/c1-3-4(6)5-2/h3H,1H2,2H3,(H,5,6)/i1T. The molecular weight excluding hydrogens is 78.0 g/mol. The summed E-state index contributed by atoms with van der Waals surface area (Å²) in [6, 6.07) is 0. The van der Waals surface area contributed by atoms with Crippen molar-refractivity contribution in [3.63, 3.8) is 0 Å². The lowest BCUT2D eigenvalue weighted by Gasteiger charge is -1.82. The first-order chi connectivity index (χ1) is 3.31. The van der Waals surface area contributed by atoms with E-state index in [1.165, 1.54) is 7.05 Å². The predicted molar refractivity (Wildman–Crippen MR) is 24.3 cm³/mol. The van der Waals surface area contributed by atoms with Crippen LogP contribution in [0.2, 0.25) is 0 Å². The zero-order chi connectivity index (χ0) is 5.70. The smallest absolute Gasteiger partial charge is 0.243 e. The van der Waals surface area contributed by atoms with Crippen molar-refractivity contribution in [2.75, 3.05) is 7.05 Å². The molecule has 0 aromatic heterocycles. The summed E-state index contributed by atoms with van der Waals surface area (Å²) in [5.41, 5.74) is 0. The molecule has 0 aliphatic rings. The Morgan fingerprint density at radius 1 is 2.33 bits per heavy atom. The maximum absolute atomic E-state index is 10.1. The molecule has 6 heavy (non-hydrogen) atoms. The van der Waals surface area contributed by atoms with Crippen LogP contribution in [0.1, 0.15) is 1.37 Å². The first kappa shape index (κ1) is 3.40. The third-order valence-corrected chi connectivity index (χ3v) is 0.398. The normalized spacial score (nSPS) is 11.2. The minimum absolute atomic E-state index is 0.241. The SMILES string of the molecule is [3H]C=CC(=O)NC. The van der Waals surface area contributed by atoms with Crippen molar-refractivity contribution in [1.29, 1.82) is 0 Å². The Labute approximate surface area is 38.3 Å². The summed E-state index contributed by atoms with van der Waals surface area (Å²) >= 11 is 0. The first-order valence-corrected chi connectivity index (χ1v) is 1.58.